The number of ether oxygens (including phenoxy) is 1. The summed E-state index contributed by atoms with van der Waals surface area (Å²) in [7, 11) is 0. The number of aliphatic hydroxyl groups excluding tert-OH is 1. The Morgan fingerprint density at radius 3 is 2.79 bits per heavy atom. The lowest BCUT2D eigenvalue weighted by atomic mass is 10.0. The maximum Gasteiger partial charge on any atom is 0.318 e. The van der Waals surface area contributed by atoms with Gasteiger partial charge in [-0.25, -0.2) is 4.79 Å². The molecule has 2 atom stereocenters. The van der Waals surface area contributed by atoms with Crippen molar-refractivity contribution in [1.82, 2.24) is 5.32 Å². The summed E-state index contributed by atoms with van der Waals surface area (Å²) in [6.07, 6.45) is 0.731. The lowest BCUT2D eigenvalue weighted by Gasteiger charge is -2.22. The van der Waals surface area contributed by atoms with Crippen LogP contribution in [0.5, 0.6) is 0 Å². The third-order valence-electron chi connectivity index (χ3n) is 2.29. The lowest BCUT2D eigenvalue weighted by Crippen LogP contribution is -2.48. The molecule has 1 aliphatic rings. The molecule has 1 aliphatic heterocycles. The number of hydrogen-bond donors (Lipinski definition) is 3. The molecule has 1 heterocycles. The van der Waals surface area contributed by atoms with Gasteiger partial charge in [-0.05, 0) is 19.8 Å². The topological polar surface area (TPSA) is 102 Å². The molecule has 14 heavy (non-hydrogen) atoms. The first-order chi connectivity index (χ1) is 6.48. The van der Waals surface area contributed by atoms with E-state index < -0.39 is 17.5 Å². The van der Waals surface area contributed by atoms with Crippen LogP contribution in [0.25, 0.3) is 0 Å². The van der Waals surface area contributed by atoms with E-state index in [9.17, 15) is 9.59 Å². The average Bonchev–Trinajstić information content (AvgIpc) is 2.48. The van der Waals surface area contributed by atoms with Gasteiger partial charge < -0.3 is 15.6 Å². The standard InChI is InChI=1S/C8H14N2O4/c1-8(6(12)10-7(9)13)3-2-5(4-11)14-8/h5,11H,2-4H2,1H3,(H3,9,10,12,13)/t5-,8-/m0/s1. The maximum absolute atomic E-state index is 11.4. The molecule has 0 bridgehead atoms. The Kier molecular flexibility index (Phi) is 3.07. The van der Waals surface area contributed by atoms with Gasteiger partial charge in [0.25, 0.3) is 5.91 Å². The van der Waals surface area contributed by atoms with Gasteiger partial charge in [0.2, 0.25) is 0 Å². The van der Waals surface area contributed by atoms with Crippen LogP contribution in [0.4, 0.5) is 4.79 Å². The summed E-state index contributed by atoms with van der Waals surface area (Å²) in [6.45, 7) is 1.44. The molecule has 0 spiro atoms. The van der Waals surface area contributed by atoms with Crippen molar-refractivity contribution in [2.24, 2.45) is 5.73 Å². The monoisotopic (exact) mass is 202 g/mol. The molecule has 1 saturated heterocycles. The predicted octanol–water partition coefficient (Wildman–Crippen LogP) is -0.889. The molecule has 0 aromatic carbocycles. The van der Waals surface area contributed by atoms with Crippen LogP contribution in [0.15, 0.2) is 0 Å². The minimum absolute atomic E-state index is 0.126. The predicted molar refractivity (Wildman–Crippen MR) is 47.3 cm³/mol. The first kappa shape index (κ1) is 10.9. The van der Waals surface area contributed by atoms with Crippen LogP contribution in [0.1, 0.15) is 19.8 Å². The molecule has 0 aromatic heterocycles. The van der Waals surface area contributed by atoms with E-state index in [0.717, 1.165) is 0 Å². The van der Waals surface area contributed by atoms with Crippen LogP contribution >= 0.6 is 0 Å². The molecule has 80 valence electrons. The highest BCUT2D eigenvalue weighted by atomic mass is 16.5. The Bertz CT molecular complexity index is 256. The number of carbonyl (C=O) groups is 2. The Morgan fingerprint density at radius 2 is 2.36 bits per heavy atom. The van der Waals surface area contributed by atoms with Gasteiger partial charge >= 0.3 is 6.03 Å². The van der Waals surface area contributed by atoms with E-state index >= 15 is 0 Å². The van der Waals surface area contributed by atoms with Gasteiger partial charge in [0.05, 0.1) is 12.7 Å². The molecule has 6 nitrogen and oxygen atoms in total. The molecule has 0 radical (unpaired) electrons. The zero-order chi connectivity index (χ0) is 10.8. The van der Waals surface area contributed by atoms with Crippen molar-refractivity contribution < 1.29 is 19.4 Å². The molecule has 0 unspecified atom stereocenters. The normalized spacial score (nSPS) is 31.4. The largest absolute Gasteiger partial charge is 0.394 e. The quantitative estimate of drug-likeness (QED) is 0.540. The number of rotatable bonds is 2. The van der Waals surface area contributed by atoms with Crippen molar-refractivity contribution in [3.8, 4) is 0 Å². The number of nitrogens with one attached hydrogen (secondary N) is 1. The fourth-order valence-corrected chi connectivity index (χ4v) is 1.46. The van der Waals surface area contributed by atoms with E-state index in [1.54, 1.807) is 6.92 Å². The van der Waals surface area contributed by atoms with E-state index in [2.05, 4.69) is 0 Å². The number of nitrogens with two attached hydrogens (primary N) is 1. The first-order valence-electron chi connectivity index (χ1n) is 4.37. The van der Waals surface area contributed by atoms with E-state index in [4.69, 9.17) is 15.6 Å². The van der Waals surface area contributed by atoms with E-state index in [-0.39, 0.29) is 12.7 Å². The summed E-state index contributed by atoms with van der Waals surface area (Å²) < 4.78 is 5.29. The molecule has 0 aromatic rings. The molecule has 1 fully saturated rings. The van der Waals surface area contributed by atoms with Crippen LogP contribution in [-0.4, -0.2) is 35.4 Å². The third-order valence-corrected chi connectivity index (χ3v) is 2.29. The second kappa shape index (κ2) is 3.93. The fraction of sp³-hybridized carbons (Fsp3) is 0.750. The highest BCUT2D eigenvalue weighted by Gasteiger charge is 2.42. The second-order valence-electron chi connectivity index (χ2n) is 3.51. The fourth-order valence-electron chi connectivity index (χ4n) is 1.46. The van der Waals surface area contributed by atoms with Crippen LogP contribution < -0.4 is 11.1 Å². The zero-order valence-corrected chi connectivity index (χ0v) is 7.95. The maximum atomic E-state index is 11.4. The van der Waals surface area contributed by atoms with Gasteiger partial charge in [0.1, 0.15) is 5.60 Å². The third kappa shape index (κ3) is 2.21. The highest BCUT2D eigenvalue weighted by Crippen LogP contribution is 2.29. The van der Waals surface area contributed by atoms with E-state index in [1.165, 1.54) is 0 Å². The lowest BCUT2D eigenvalue weighted by molar-refractivity contribution is -0.143. The van der Waals surface area contributed by atoms with Crippen molar-refractivity contribution in [2.75, 3.05) is 6.61 Å². The van der Waals surface area contributed by atoms with Gasteiger partial charge in [-0.2, -0.15) is 0 Å². The first-order valence-corrected chi connectivity index (χ1v) is 4.37. The van der Waals surface area contributed by atoms with Crippen molar-refractivity contribution in [1.29, 1.82) is 0 Å². The van der Waals surface area contributed by atoms with Gasteiger partial charge in [0.15, 0.2) is 0 Å². The molecule has 6 heteroatoms. The molecule has 4 N–H and O–H groups in total. The summed E-state index contributed by atoms with van der Waals surface area (Å²) in [4.78, 5) is 21.9. The van der Waals surface area contributed by atoms with E-state index in [1.807, 2.05) is 5.32 Å². The number of aliphatic hydroxyl groups is 1. The smallest absolute Gasteiger partial charge is 0.318 e. The van der Waals surface area contributed by atoms with Crippen molar-refractivity contribution in [3.05, 3.63) is 0 Å². The van der Waals surface area contributed by atoms with Crippen molar-refractivity contribution in [3.63, 3.8) is 0 Å². The van der Waals surface area contributed by atoms with Crippen LogP contribution in [0.3, 0.4) is 0 Å². The van der Waals surface area contributed by atoms with Gasteiger partial charge in [-0.3, -0.25) is 10.1 Å². The van der Waals surface area contributed by atoms with Crippen molar-refractivity contribution in [2.45, 2.75) is 31.5 Å². The number of hydrogen-bond acceptors (Lipinski definition) is 4. The molecular formula is C8H14N2O4. The summed E-state index contributed by atoms with van der Waals surface area (Å²) in [5, 5.41) is 10.8. The summed E-state index contributed by atoms with van der Waals surface area (Å²) in [5.41, 5.74) is 3.76. The molecule has 0 saturated carbocycles. The van der Waals surface area contributed by atoms with Crippen LogP contribution in [-0.2, 0) is 9.53 Å². The van der Waals surface area contributed by atoms with Crippen LogP contribution in [0.2, 0.25) is 0 Å². The summed E-state index contributed by atoms with van der Waals surface area (Å²) in [5.74, 6) is -0.555. The Hall–Kier alpha value is -1.14. The van der Waals surface area contributed by atoms with Gasteiger partial charge in [-0.1, -0.05) is 0 Å². The zero-order valence-electron chi connectivity index (χ0n) is 7.95. The Morgan fingerprint density at radius 1 is 1.71 bits per heavy atom. The number of urea groups is 1. The van der Waals surface area contributed by atoms with Crippen LogP contribution in [0, 0.1) is 0 Å². The Labute approximate surface area is 81.4 Å². The molecule has 0 aliphatic carbocycles. The van der Waals surface area contributed by atoms with Crippen molar-refractivity contribution >= 4 is 11.9 Å². The minimum atomic E-state index is -1.05. The number of carbonyl (C=O) groups excluding carboxylic acids is 2. The number of primary amides is 1. The second-order valence-corrected chi connectivity index (χ2v) is 3.51. The summed E-state index contributed by atoms with van der Waals surface area (Å²) >= 11 is 0. The number of imide groups is 1. The molecule has 1 rings (SSSR count). The Balaban J connectivity index is 2.58. The SMILES string of the molecule is C[C@@]1(C(=O)NC(N)=O)CC[C@@H](CO)O1. The average molecular weight is 202 g/mol. The van der Waals surface area contributed by atoms with Gasteiger partial charge in [-0.15, -0.1) is 0 Å². The van der Waals surface area contributed by atoms with E-state index in [0.29, 0.717) is 12.8 Å². The number of amides is 3. The summed E-state index contributed by atoms with van der Waals surface area (Å²) in [6, 6.07) is -0.896. The minimum Gasteiger partial charge on any atom is -0.394 e. The highest BCUT2D eigenvalue weighted by molar-refractivity contribution is 5.98. The molecular weight excluding hydrogens is 188 g/mol. The molecule has 3 amide bonds. The van der Waals surface area contributed by atoms with Gasteiger partial charge in [0, 0.05) is 0 Å².